The normalized spacial score (nSPS) is 16.7. The molecule has 1 fully saturated rings. The second-order valence-electron chi connectivity index (χ2n) is 7.83. The van der Waals surface area contributed by atoms with E-state index < -0.39 is 0 Å². The van der Waals surface area contributed by atoms with E-state index in [2.05, 4.69) is 64.6 Å². The Kier molecular flexibility index (Phi) is 11.5. The van der Waals surface area contributed by atoms with Crippen LogP contribution in [0.25, 0.3) is 0 Å². The van der Waals surface area contributed by atoms with Gasteiger partial charge in [0.1, 0.15) is 0 Å². The number of piperazine rings is 1. The summed E-state index contributed by atoms with van der Waals surface area (Å²) in [5.74, 6) is 1.38. The molecule has 164 valence electrons. The van der Waals surface area contributed by atoms with Crippen molar-refractivity contribution in [3.8, 4) is 0 Å². The second-order valence-corrected chi connectivity index (χ2v) is 7.83. The molecule has 0 aromatic heterocycles. The Morgan fingerprint density at radius 2 is 1.83 bits per heavy atom. The summed E-state index contributed by atoms with van der Waals surface area (Å²) < 4.78 is 0. The highest BCUT2D eigenvalue weighted by Crippen LogP contribution is 2.15. The van der Waals surface area contributed by atoms with Gasteiger partial charge in [0, 0.05) is 58.1 Å². The molecule has 1 aliphatic heterocycles. The number of anilines is 1. The molecule has 0 amide bonds. The third kappa shape index (κ3) is 9.05. The van der Waals surface area contributed by atoms with Crippen molar-refractivity contribution >= 4 is 11.6 Å². The SMILES string of the molecule is CCCC(CCO)CN=C(NCC)NCCCN1CCN(c2ccccc2)CC1. The first-order chi connectivity index (χ1) is 14.3. The quantitative estimate of drug-likeness (QED) is 0.284. The fourth-order valence-corrected chi connectivity index (χ4v) is 3.86. The van der Waals surface area contributed by atoms with Crippen molar-refractivity contribution in [2.24, 2.45) is 10.9 Å². The van der Waals surface area contributed by atoms with Crippen LogP contribution in [0.3, 0.4) is 0 Å². The lowest BCUT2D eigenvalue weighted by molar-refractivity contribution is 0.253. The van der Waals surface area contributed by atoms with E-state index in [1.165, 1.54) is 5.69 Å². The Morgan fingerprint density at radius 1 is 1.07 bits per heavy atom. The van der Waals surface area contributed by atoms with E-state index in [1.54, 1.807) is 0 Å². The molecular weight excluding hydrogens is 362 g/mol. The Balaban J connectivity index is 1.66. The van der Waals surface area contributed by atoms with Crippen LogP contribution in [-0.2, 0) is 0 Å². The summed E-state index contributed by atoms with van der Waals surface area (Å²) in [6, 6.07) is 10.7. The lowest BCUT2D eigenvalue weighted by Gasteiger charge is -2.36. The van der Waals surface area contributed by atoms with Gasteiger partial charge in [-0.05, 0) is 50.8 Å². The lowest BCUT2D eigenvalue weighted by Crippen LogP contribution is -2.47. The summed E-state index contributed by atoms with van der Waals surface area (Å²) in [6.45, 7) is 12.7. The zero-order chi connectivity index (χ0) is 20.7. The van der Waals surface area contributed by atoms with Crippen molar-refractivity contribution in [1.82, 2.24) is 15.5 Å². The van der Waals surface area contributed by atoms with Crippen LogP contribution in [0.2, 0.25) is 0 Å². The fourth-order valence-electron chi connectivity index (χ4n) is 3.86. The predicted molar refractivity (Wildman–Crippen MR) is 124 cm³/mol. The third-order valence-corrected chi connectivity index (χ3v) is 5.52. The minimum absolute atomic E-state index is 0.252. The number of hydrogen-bond donors (Lipinski definition) is 3. The molecule has 2 rings (SSSR count). The van der Waals surface area contributed by atoms with Crippen molar-refractivity contribution in [3.05, 3.63) is 30.3 Å². The highest BCUT2D eigenvalue weighted by atomic mass is 16.3. The molecule has 1 heterocycles. The molecule has 0 spiro atoms. The summed E-state index contributed by atoms with van der Waals surface area (Å²) in [6.07, 6.45) is 4.22. The summed E-state index contributed by atoms with van der Waals surface area (Å²) in [7, 11) is 0. The van der Waals surface area contributed by atoms with Gasteiger partial charge in [0.05, 0.1) is 0 Å². The Bertz CT molecular complexity index is 552. The van der Waals surface area contributed by atoms with Crippen molar-refractivity contribution in [2.75, 3.05) is 63.9 Å². The van der Waals surface area contributed by atoms with Gasteiger partial charge in [-0.15, -0.1) is 0 Å². The number of aliphatic hydroxyl groups excluding tert-OH is 1. The van der Waals surface area contributed by atoms with Crippen LogP contribution >= 0.6 is 0 Å². The van der Waals surface area contributed by atoms with E-state index in [1.807, 2.05) is 0 Å². The van der Waals surface area contributed by atoms with Crippen molar-refractivity contribution in [1.29, 1.82) is 0 Å². The minimum atomic E-state index is 0.252. The number of para-hydroxylation sites is 1. The standard InChI is InChI=1S/C23H41N5O/c1-3-9-21(12-19-29)20-26-23(24-4-2)25-13-8-14-27-15-17-28(18-16-27)22-10-6-5-7-11-22/h5-7,10-11,21,29H,3-4,8-9,12-20H2,1-2H3,(H2,24,25,26). The molecule has 0 bridgehead atoms. The number of nitrogens with one attached hydrogen (secondary N) is 2. The molecule has 1 aliphatic rings. The molecule has 1 aromatic carbocycles. The molecule has 3 N–H and O–H groups in total. The maximum Gasteiger partial charge on any atom is 0.191 e. The first-order valence-corrected chi connectivity index (χ1v) is 11.4. The molecule has 0 saturated carbocycles. The van der Waals surface area contributed by atoms with Gasteiger partial charge in [-0.3, -0.25) is 9.89 Å². The van der Waals surface area contributed by atoms with Crippen LogP contribution in [0.1, 0.15) is 39.5 Å². The lowest BCUT2D eigenvalue weighted by atomic mass is 10.0. The van der Waals surface area contributed by atoms with Crippen LogP contribution in [0.15, 0.2) is 35.3 Å². The molecule has 1 atom stereocenters. The van der Waals surface area contributed by atoms with Crippen LogP contribution in [0.5, 0.6) is 0 Å². The van der Waals surface area contributed by atoms with E-state index in [4.69, 9.17) is 4.99 Å². The summed E-state index contributed by atoms with van der Waals surface area (Å²) in [5, 5.41) is 16.0. The van der Waals surface area contributed by atoms with Crippen LogP contribution in [0, 0.1) is 5.92 Å². The van der Waals surface area contributed by atoms with E-state index >= 15 is 0 Å². The summed E-state index contributed by atoms with van der Waals surface area (Å²) in [5.41, 5.74) is 1.34. The highest BCUT2D eigenvalue weighted by Gasteiger charge is 2.16. The van der Waals surface area contributed by atoms with Gasteiger partial charge in [-0.2, -0.15) is 0 Å². The van der Waals surface area contributed by atoms with Gasteiger partial charge < -0.3 is 20.6 Å². The summed E-state index contributed by atoms with van der Waals surface area (Å²) >= 11 is 0. The summed E-state index contributed by atoms with van der Waals surface area (Å²) in [4.78, 5) is 9.78. The average Bonchev–Trinajstić information content (AvgIpc) is 2.76. The zero-order valence-electron chi connectivity index (χ0n) is 18.4. The Labute approximate surface area is 177 Å². The van der Waals surface area contributed by atoms with Gasteiger partial charge in [0.25, 0.3) is 0 Å². The van der Waals surface area contributed by atoms with Crippen molar-refractivity contribution in [3.63, 3.8) is 0 Å². The third-order valence-electron chi connectivity index (χ3n) is 5.52. The number of aliphatic hydroxyl groups is 1. The van der Waals surface area contributed by atoms with Crippen LogP contribution in [0.4, 0.5) is 5.69 Å². The van der Waals surface area contributed by atoms with E-state index in [-0.39, 0.29) is 6.61 Å². The maximum absolute atomic E-state index is 9.22. The smallest absolute Gasteiger partial charge is 0.191 e. The number of rotatable bonds is 12. The van der Waals surface area contributed by atoms with E-state index in [9.17, 15) is 5.11 Å². The van der Waals surface area contributed by atoms with Crippen LogP contribution < -0.4 is 15.5 Å². The van der Waals surface area contributed by atoms with Crippen LogP contribution in [-0.4, -0.2) is 74.9 Å². The largest absolute Gasteiger partial charge is 0.396 e. The monoisotopic (exact) mass is 403 g/mol. The maximum atomic E-state index is 9.22. The molecule has 0 aliphatic carbocycles. The van der Waals surface area contributed by atoms with Gasteiger partial charge in [-0.1, -0.05) is 31.5 Å². The van der Waals surface area contributed by atoms with Crippen molar-refractivity contribution in [2.45, 2.75) is 39.5 Å². The van der Waals surface area contributed by atoms with Gasteiger partial charge >= 0.3 is 0 Å². The van der Waals surface area contributed by atoms with Crippen molar-refractivity contribution < 1.29 is 5.11 Å². The zero-order valence-corrected chi connectivity index (χ0v) is 18.4. The molecule has 1 aromatic rings. The second kappa shape index (κ2) is 14.2. The first kappa shape index (κ1) is 23.5. The molecule has 6 nitrogen and oxygen atoms in total. The molecule has 0 radical (unpaired) electrons. The molecule has 6 heteroatoms. The Morgan fingerprint density at radius 3 is 2.48 bits per heavy atom. The minimum Gasteiger partial charge on any atom is -0.396 e. The fraction of sp³-hybridized carbons (Fsp3) is 0.696. The molecule has 29 heavy (non-hydrogen) atoms. The number of benzene rings is 1. The van der Waals surface area contributed by atoms with Gasteiger partial charge in [-0.25, -0.2) is 0 Å². The predicted octanol–water partition coefficient (Wildman–Crippen LogP) is 2.55. The number of guanidine groups is 1. The van der Waals surface area contributed by atoms with Gasteiger partial charge in [0.2, 0.25) is 0 Å². The van der Waals surface area contributed by atoms with E-state index in [0.717, 1.165) is 84.0 Å². The molecule has 1 unspecified atom stereocenters. The van der Waals surface area contributed by atoms with Gasteiger partial charge in [0.15, 0.2) is 5.96 Å². The topological polar surface area (TPSA) is 63.1 Å². The number of nitrogens with zero attached hydrogens (tertiary/aromatic N) is 3. The average molecular weight is 404 g/mol. The number of hydrogen-bond acceptors (Lipinski definition) is 4. The molecular formula is C23H41N5O. The highest BCUT2D eigenvalue weighted by molar-refractivity contribution is 5.79. The Hall–Kier alpha value is -1.79. The molecule has 1 saturated heterocycles. The van der Waals surface area contributed by atoms with E-state index in [0.29, 0.717) is 5.92 Å². The first-order valence-electron chi connectivity index (χ1n) is 11.4. The number of aliphatic imine (C=N–C) groups is 1.